The number of aromatic nitrogens is 1. The number of benzene rings is 2. The molecule has 1 heteroatoms. The van der Waals surface area contributed by atoms with Crippen molar-refractivity contribution in [2.24, 2.45) is 0 Å². The van der Waals surface area contributed by atoms with Gasteiger partial charge in [-0.2, -0.15) is 0 Å². The zero-order valence-corrected chi connectivity index (χ0v) is 11.1. The van der Waals surface area contributed by atoms with E-state index in [2.05, 4.69) is 60.4 Å². The molecule has 3 rings (SSSR count). The van der Waals surface area contributed by atoms with Crippen molar-refractivity contribution in [3.05, 3.63) is 66.4 Å². The van der Waals surface area contributed by atoms with Gasteiger partial charge >= 0.3 is 0 Å². The lowest BCUT2D eigenvalue weighted by Crippen LogP contribution is -1.86. The Balaban J connectivity index is 2.08. The Labute approximate surface area is 113 Å². The molecule has 0 N–H and O–H groups in total. The molecule has 1 heterocycles. The lowest BCUT2D eigenvalue weighted by Gasteiger charge is -2.07. The first-order valence-corrected chi connectivity index (χ1v) is 6.81. The summed E-state index contributed by atoms with van der Waals surface area (Å²) in [6, 6.07) is 19.3. The summed E-state index contributed by atoms with van der Waals surface area (Å²) < 4.78 is 0. The van der Waals surface area contributed by atoms with E-state index >= 15 is 0 Å². The maximum atomic E-state index is 4.52. The quantitative estimate of drug-likeness (QED) is 0.644. The van der Waals surface area contributed by atoms with Crippen molar-refractivity contribution in [1.82, 2.24) is 4.98 Å². The van der Waals surface area contributed by atoms with E-state index in [0.29, 0.717) is 0 Å². The molecule has 0 amide bonds. The molecule has 0 unspecified atom stereocenters. The first-order chi connectivity index (χ1) is 9.38. The summed E-state index contributed by atoms with van der Waals surface area (Å²) in [5.41, 5.74) is 4.93. The van der Waals surface area contributed by atoms with E-state index in [0.717, 1.165) is 11.9 Å². The second kappa shape index (κ2) is 5.23. The van der Waals surface area contributed by atoms with Crippen molar-refractivity contribution < 1.29 is 0 Å². The van der Waals surface area contributed by atoms with Gasteiger partial charge in [0.05, 0.1) is 5.52 Å². The van der Waals surface area contributed by atoms with E-state index in [4.69, 9.17) is 0 Å². The highest BCUT2D eigenvalue weighted by molar-refractivity contribution is 5.93. The lowest BCUT2D eigenvalue weighted by molar-refractivity contribution is 0.922. The van der Waals surface area contributed by atoms with Crippen LogP contribution in [0.15, 0.2) is 60.8 Å². The second-order valence-corrected chi connectivity index (χ2v) is 4.83. The van der Waals surface area contributed by atoms with Crippen LogP contribution in [0.1, 0.15) is 18.9 Å². The van der Waals surface area contributed by atoms with E-state index in [1.54, 1.807) is 0 Å². The van der Waals surface area contributed by atoms with Crippen LogP contribution < -0.4 is 0 Å². The maximum absolute atomic E-state index is 4.52. The lowest BCUT2D eigenvalue weighted by atomic mass is 10.00. The van der Waals surface area contributed by atoms with Crippen LogP contribution in [0, 0.1) is 0 Å². The summed E-state index contributed by atoms with van der Waals surface area (Å²) in [6.45, 7) is 2.21. The van der Waals surface area contributed by atoms with Crippen molar-refractivity contribution in [2.75, 3.05) is 0 Å². The molecule has 3 aromatic rings. The van der Waals surface area contributed by atoms with Gasteiger partial charge in [0.15, 0.2) is 0 Å². The van der Waals surface area contributed by atoms with Crippen molar-refractivity contribution in [3.63, 3.8) is 0 Å². The Bertz CT molecular complexity index is 678. The Morgan fingerprint density at radius 3 is 2.47 bits per heavy atom. The molecule has 0 spiro atoms. The van der Waals surface area contributed by atoms with E-state index < -0.39 is 0 Å². The van der Waals surface area contributed by atoms with Crippen LogP contribution in [-0.4, -0.2) is 4.98 Å². The summed E-state index contributed by atoms with van der Waals surface area (Å²) in [5.74, 6) is 0. The largest absolute Gasteiger partial charge is 0.256 e. The molecule has 0 fully saturated rings. The number of para-hydroxylation sites is 1. The van der Waals surface area contributed by atoms with Crippen LogP contribution in [0.3, 0.4) is 0 Å². The summed E-state index contributed by atoms with van der Waals surface area (Å²) in [4.78, 5) is 4.52. The fraction of sp³-hybridized carbons (Fsp3) is 0.167. The zero-order chi connectivity index (χ0) is 13.1. The third-order valence-corrected chi connectivity index (χ3v) is 3.44. The molecule has 0 aliphatic carbocycles. The molecule has 1 aromatic heterocycles. The zero-order valence-electron chi connectivity index (χ0n) is 11.1. The van der Waals surface area contributed by atoms with Crippen LogP contribution in [0.5, 0.6) is 0 Å². The van der Waals surface area contributed by atoms with Gasteiger partial charge in [-0.05, 0) is 23.6 Å². The Morgan fingerprint density at radius 2 is 1.68 bits per heavy atom. The van der Waals surface area contributed by atoms with Gasteiger partial charge < -0.3 is 0 Å². The third kappa shape index (κ3) is 2.37. The van der Waals surface area contributed by atoms with Crippen molar-refractivity contribution in [3.8, 4) is 11.1 Å². The van der Waals surface area contributed by atoms with Gasteiger partial charge in [-0.3, -0.25) is 4.98 Å². The molecule has 0 saturated heterocycles. The van der Waals surface area contributed by atoms with Gasteiger partial charge in [-0.25, -0.2) is 0 Å². The van der Waals surface area contributed by atoms with E-state index in [-0.39, 0.29) is 0 Å². The predicted molar refractivity (Wildman–Crippen MR) is 81.2 cm³/mol. The summed E-state index contributed by atoms with van der Waals surface area (Å²) >= 11 is 0. The predicted octanol–water partition coefficient (Wildman–Crippen LogP) is 4.85. The number of fused-ring (bicyclic) bond motifs is 1. The molecule has 2 aromatic carbocycles. The van der Waals surface area contributed by atoms with Crippen molar-refractivity contribution in [2.45, 2.75) is 19.8 Å². The van der Waals surface area contributed by atoms with Gasteiger partial charge in [0, 0.05) is 17.1 Å². The number of pyridine rings is 1. The normalized spacial score (nSPS) is 10.8. The number of aryl methyl sites for hydroxylation is 1. The highest BCUT2D eigenvalue weighted by Crippen LogP contribution is 2.27. The van der Waals surface area contributed by atoms with Gasteiger partial charge in [0.2, 0.25) is 0 Å². The maximum Gasteiger partial charge on any atom is 0.0780 e. The minimum atomic E-state index is 1.08. The molecule has 94 valence electrons. The number of hydrogen-bond donors (Lipinski definition) is 0. The van der Waals surface area contributed by atoms with Crippen LogP contribution in [0.2, 0.25) is 0 Å². The van der Waals surface area contributed by atoms with E-state index in [1.165, 1.54) is 28.5 Å². The third-order valence-electron chi connectivity index (χ3n) is 3.44. The molecule has 19 heavy (non-hydrogen) atoms. The fourth-order valence-corrected chi connectivity index (χ4v) is 2.48. The molecule has 0 aliphatic rings. The number of nitrogens with zero attached hydrogens (tertiary/aromatic N) is 1. The first kappa shape index (κ1) is 11.9. The molecular formula is C18H17N. The summed E-state index contributed by atoms with van der Waals surface area (Å²) in [7, 11) is 0. The van der Waals surface area contributed by atoms with E-state index in [1.807, 2.05) is 12.3 Å². The van der Waals surface area contributed by atoms with Crippen LogP contribution >= 0.6 is 0 Å². The molecular weight excluding hydrogens is 230 g/mol. The van der Waals surface area contributed by atoms with Gasteiger partial charge in [0.25, 0.3) is 0 Å². The summed E-state index contributed by atoms with van der Waals surface area (Å²) in [5, 5.41) is 1.19. The monoisotopic (exact) mass is 247 g/mol. The minimum absolute atomic E-state index is 1.08. The SMILES string of the molecule is CCCc1ccc(-c2cccc3cccnc23)cc1. The average Bonchev–Trinajstić information content (AvgIpc) is 2.48. The van der Waals surface area contributed by atoms with Crippen molar-refractivity contribution >= 4 is 10.9 Å². The number of hydrogen-bond acceptors (Lipinski definition) is 1. The molecule has 0 saturated carbocycles. The molecule has 0 bridgehead atoms. The van der Waals surface area contributed by atoms with Crippen LogP contribution in [0.25, 0.3) is 22.0 Å². The smallest absolute Gasteiger partial charge is 0.0780 e. The van der Waals surface area contributed by atoms with Crippen molar-refractivity contribution in [1.29, 1.82) is 0 Å². The Morgan fingerprint density at radius 1 is 0.895 bits per heavy atom. The second-order valence-electron chi connectivity index (χ2n) is 4.83. The van der Waals surface area contributed by atoms with Gasteiger partial charge in [0.1, 0.15) is 0 Å². The summed E-state index contributed by atoms with van der Waals surface area (Å²) in [6.07, 6.45) is 4.19. The molecule has 0 aliphatic heterocycles. The number of rotatable bonds is 3. The van der Waals surface area contributed by atoms with Gasteiger partial charge in [-0.15, -0.1) is 0 Å². The topological polar surface area (TPSA) is 12.9 Å². The minimum Gasteiger partial charge on any atom is -0.256 e. The highest BCUT2D eigenvalue weighted by Gasteiger charge is 2.04. The van der Waals surface area contributed by atoms with E-state index in [9.17, 15) is 0 Å². The fourth-order valence-electron chi connectivity index (χ4n) is 2.48. The molecule has 0 atom stereocenters. The Kier molecular flexibility index (Phi) is 3.28. The molecule has 0 radical (unpaired) electrons. The van der Waals surface area contributed by atoms with Crippen LogP contribution in [-0.2, 0) is 6.42 Å². The Hall–Kier alpha value is -2.15. The first-order valence-electron chi connectivity index (χ1n) is 6.81. The standard InChI is InChI=1S/C18H17N/c1-2-5-14-9-11-15(12-10-14)17-8-3-6-16-7-4-13-19-18(16)17/h3-4,6-13H,2,5H2,1H3. The molecule has 1 nitrogen and oxygen atoms in total. The van der Waals surface area contributed by atoms with Gasteiger partial charge in [-0.1, -0.05) is 61.9 Å². The average molecular weight is 247 g/mol. The highest BCUT2D eigenvalue weighted by atomic mass is 14.6. The van der Waals surface area contributed by atoms with Crippen LogP contribution in [0.4, 0.5) is 0 Å².